The fraction of sp³-hybridized carbons (Fsp3) is 0.812. The topological polar surface area (TPSA) is 37.3 Å². The fourth-order valence-corrected chi connectivity index (χ4v) is 2.74. The summed E-state index contributed by atoms with van der Waals surface area (Å²) < 4.78 is 0. The van der Waals surface area contributed by atoms with Crippen LogP contribution in [0.4, 0.5) is 0 Å². The Morgan fingerprint density at radius 3 is 1.89 bits per heavy atom. The van der Waals surface area contributed by atoms with Crippen molar-refractivity contribution < 1.29 is 9.90 Å². The van der Waals surface area contributed by atoms with Gasteiger partial charge >= 0.3 is 5.97 Å². The molecule has 0 spiro atoms. The molecule has 0 radical (unpaired) electrons. The van der Waals surface area contributed by atoms with Gasteiger partial charge in [-0.05, 0) is 19.3 Å². The molecule has 0 aromatic carbocycles. The number of hydrogen-bond donors (Lipinski definition) is 1. The summed E-state index contributed by atoms with van der Waals surface area (Å²) in [7, 11) is 0. The first-order chi connectivity index (χ1) is 8.70. The summed E-state index contributed by atoms with van der Waals surface area (Å²) in [5.74, 6) is -0.0657. The van der Waals surface area contributed by atoms with Crippen molar-refractivity contribution >= 4 is 5.97 Å². The maximum Gasteiger partial charge on any atom is 0.330 e. The Morgan fingerprint density at radius 2 is 1.44 bits per heavy atom. The van der Waals surface area contributed by atoms with E-state index in [9.17, 15) is 4.79 Å². The summed E-state index contributed by atoms with van der Waals surface area (Å²) in [6.07, 6.45) is 16.4. The number of allylic oxidation sites excluding steroid dienone is 1. The molecule has 0 atom stereocenters. The average molecular weight is 252 g/mol. The first-order valence-electron chi connectivity index (χ1n) is 7.60. The van der Waals surface area contributed by atoms with Crippen LogP contribution in [0.2, 0.25) is 0 Å². The lowest BCUT2D eigenvalue weighted by Gasteiger charge is -2.14. The summed E-state index contributed by atoms with van der Waals surface area (Å²) in [6, 6.07) is 0. The summed E-state index contributed by atoms with van der Waals surface area (Å²) in [5, 5.41) is 8.86. The Kier molecular flexibility index (Phi) is 7.79. The minimum absolute atomic E-state index is 0.504. The largest absolute Gasteiger partial charge is 0.478 e. The third-order valence-corrected chi connectivity index (χ3v) is 4.07. The van der Waals surface area contributed by atoms with Gasteiger partial charge in [0.1, 0.15) is 0 Å². The lowest BCUT2D eigenvalue weighted by molar-refractivity contribution is -0.132. The second kappa shape index (κ2) is 9.18. The lowest BCUT2D eigenvalue weighted by Crippen LogP contribution is -2.02. The summed E-state index contributed by atoms with van der Waals surface area (Å²) in [6.45, 7) is 1.70. The number of carbonyl (C=O) groups is 1. The molecule has 18 heavy (non-hydrogen) atoms. The molecule has 0 aliphatic heterocycles. The molecule has 0 amide bonds. The van der Waals surface area contributed by atoms with E-state index in [1.165, 1.54) is 64.2 Å². The SMILES string of the molecule is CC(=CCC1CCCCCCCCCC1)C(=O)O. The van der Waals surface area contributed by atoms with Crippen LogP contribution in [0.25, 0.3) is 0 Å². The van der Waals surface area contributed by atoms with E-state index in [1.807, 2.05) is 6.08 Å². The molecule has 0 saturated heterocycles. The Labute approximate surface area is 111 Å². The monoisotopic (exact) mass is 252 g/mol. The number of aliphatic carboxylic acids is 1. The van der Waals surface area contributed by atoms with Crippen LogP contribution in [0.15, 0.2) is 11.6 Å². The third-order valence-electron chi connectivity index (χ3n) is 4.07. The highest BCUT2D eigenvalue weighted by atomic mass is 16.4. The third kappa shape index (κ3) is 6.83. The van der Waals surface area contributed by atoms with Crippen molar-refractivity contribution in [3.63, 3.8) is 0 Å². The number of carboxylic acid groups (broad SMARTS) is 1. The zero-order valence-electron chi connectivity index (χ0n) is 11.8. The van der Waals surface area contributed by atoms with Crippen molar-refractivity contribution in [1.29, 1.82) is 0 Å². The number of hydrogen-bond acceptors (Lipinski definition) is 1. The van der Waals surface area contributed by atoms with Crippen molar-refractivity contribution in [2.24, 2.45) is 5.92 Å². The van der Waals surface area contributed by atoms with Crippen LogP contribution in [-0.2, 0) is 4.79 Å². The van der Waals surface area contributed by atoms with Crippen molar-refractivity contribution in [3.05, 3.63) is 11.6 Å². The van der Waals surface area contributed by atoms with Gasteiger partial charge in [0.25, 0.3) is 0 Å². The molecule has 1 N–H and O–H groups in total. The fourth-order valence-electron chi connectivity index (χ4n) is 2.74. The second-order valence-corrected chi connectivity index (χ2v) is 5.70. The molecule has 0 bridgehead atoms. The minimum Gasteiger partial charge on any atom is -0.478 e. The van der Waals surface area contributed by atoms with Gasteiger partial charge in [0.05, 0.1) is 0 Å². The second-order valence-electron chi connectivity index (χ2n) is 5.70. The van der Waals surface area contributed by atoms with Gasteiger partial charge in [-0.1, -0.05) is 70.3 Å². The van der Waals surface area contributed by atoms with E-state index >= 15 is 0 Å². The highest BCUT2D eigenvalue weighted by molar-refractivity contribution is 5.85. The van der Waals surface area contributed by atoms with Gasteiger partial charge in [-0.25, -0.2) is 4.79 Å². The minimum atomic E-state index is -0.772. The molecule has 0 aromatic heterocycles. The maximum atomic E-state index is 10.8. The van der Waals surface area contributed by atoms with E-state index in [1.54, 1.807) is 6.92 Å². The Morgan fingerprint density at radius 1 is 1.00 bits per heavy atom. The highest BCUT2D eigenvalue weighted by Gasteiger charge is 2.09. The molecule has 1 saturated carbocycles. The molecular formula is C16H28O2. The maximum absolute atomic E-state index is 10.8. The average Bonchev–Trinajstić information content (AvgIpc) is 2.41. The van der Waals surface area contributed by atoms with E-state index in [2.05, 4.69) is 0 Å². The van der Waals surface area contributed by atoms with Crippen molar-refractivity contribution in [2.75, 3.05) is 0 Å². The van der Waals surface area contributed by atoms with Crippen LogP contribution < -0.4 is 0 Å². The van der Waals surface area contributed by atoms with Crippen LogP contribution in [0, 0.1) is 5.92 Å². The smallest absolute Gasteiger partial charge is 0.330 e. The molecule has 1 aliphatic carbocycles. The van der Waals surface area contributed by atoms with Crippen molar-refractivity contribution in [1.82, 2.24) is 0 Å². The van der Waals surface area contributed by atoms with Gasteiger partial charge in [-0.2, -0.15) is 0 Å². The highest BCUT2D eigenvalue weighted by Crippen LogP contribution is 2.24. The standard InChI is InChI=1S/C16H28O2/c1-14(16(17)18)12-13-15-10-8-6-4-2-3-5-7-9-11-15/h12,15H,2-11,13H2,1H3,(H,17,18). The van der Waals surface area contributed by atoms with Gasteiger partial charge in [0, 0.05) is 5.57 Å². The summed E-state index contributed by atoms with van der Waals surface area (Å²) in [4.78, 5) is 10.8. The Bertz CT molecular complexity index is 256. The Hall–Kier alpha value is -0.790. The van der Waals surface area contributed by atoms with Gasteiger partial charge in [0.2, 0.25) is 0 Å². The zero-order chi connectivity index (χ0) is 13.2. The van der Waals surface area contributed by atoms with Crippen molar-refractivity contribution in [3.8, 4) is 0 Å². The molecule has 2 heteroatoms. The van der Waals surface area contributed by atoms with E-state index in [-0.39, 0.29) is 0 Å². The van der Waals surface area contributed by atoms with Crippen LogP contribution in [0.5, 0.6) is 0 Å². The van der Waals surface area contributed by atoms with Crippen LogP contribution in [0.3, 0.4) is 0 Å². The lowest BCUT2D eigenvalue weighted by atomic mass is 9.92. The molecule has 104 valence electrons. The van der Waals surface area contributed by atoms with Crippen LogP contribution >= 0.6 is 0 Å². The summed E-state index contributed by atoms with van der Waals surface area (Å²) in [5.41, 5.74) is 0.504. The predicted molar refractivity (Wildman–Crippen MR) is 75.7 cm³/mol. The molecule has 0 unspecified atom stereocenters. The molecule has 0 heterocycles. The number of rotatable bonds is 3. The molecule has 0 aromatic rings. The summed E-state index contributed by atoms with van der Waals surface area (Å²) >= 11 is 0. The number of carboxylic acids is 1. The van der Waals surface area contributed by atoms with Gasteiger partial charge in [0.15, 0.2) is 0 Å². The molecular weight excluding hydrogens is 224 g/mol. The van der Waals surface area contributed by atoms with Gasteiger partial charge in [-0.3, -0.25) is 0 Å². The predicted octanol–water partition coefficient (Wildman–Crippen LogP) is 4.94. The van der Waals surface area contributed by atoms with Gasteiger partial charge < -0.3 is 5.11 Å². The van der Waals surface area contributed by atoms with Gasteiger partial charge in [-0.15, -0.1) is 0 Å². The first kappa shape index (κ1) is 15.3. The van der Waals surface area contributed by atoms with Crippen LogP contribution in [-0.4, -0.2) is 11.1 Å². The molecule has 1 fully saturated rings. The van der Waals surface area contributed by atoms with E-state index < -0.39 is 5.97 Å². The van der Waals surface area contributed by atoms with E-state index in [0.29, 0.717) is 11.5 Å². The first-order valence-corrected chi connectivity index (χ1v) is 7.60. The normalized spacial score (nSPS) is 21.3. The molecule has 1 rings (SSSR count). The molecule has 1 aliphatic rings. The quantitative estimate of drug-likeness (QED) is 0.722. The molecule has 2 nitrogen and oxygen atoms in total. The van der Waals surface area contributed by atoms with E-state index in [0.717, 1.165) is 6.42 Å². The van der Waals surface area contributed by atoms with E-state index in [4.69, 9.17) is 5.11 Å². The zero-order valence-corrected chi connectivity index (χ0v) is 11.8. The Balaban J connectivity index is 2.39. The van der Waals surface area contributed by atoms with Crippen LogP contribution in [0.1, 0.15) is 77.6 Å². The van der Waals surface area contributed by atoms with Crippen molar-refractivity contribution in [2.45, 2.75) is 77.6 Å².